The third-order valence-electron chi connectivity index (χ3n) is 3.95. The van der Waals surface area contributed by atoms with E-state index in [0.717, 1.165) is 11.1 Å². The molecule has 5 nitrogen and oxygen atoms in total. The topological polar surface area (TPSA) is 62.3 Å². The molecule has 1 aromatic heterocycles. The highest BCUT2D eigenvalue weighted by atomic mass is 19.1. The highest BCUT2D eigenvalue weighted by molar-refractivity contribution is 5.87. The van der Waals surface area contributed by atoms with Gasteiger partial charge in [-0.3, -0.25) is 14.6 Å². The van der Waals surface area contributed by atoms with E-state index in [9.17, 15) is 14.0 Å². The maximum atomic E-state index is 13.0. The smallest absolute Gasteiger partial charge is 0.242 e. The lowest BCUT2D eigenvalue weighted by atomic mass is 10.1. The summed E-state index contributed by atoms with van der Waals surface area (Å²) in [5, 5.41) is 2.83. The molecule has 0 bridgehead atoms. The molecule has 0 aliphatic heterocycles. The van der Waals surface area contributed by atoms with E-state index in [1.165, 1.54) is 17.0 Å². The molecule has 1 N–H and O–H groups in total. The Morgan fingerprint density at radius 1 is 1.12 bits per heavy atom. The van der Waals surface area contributed by atoms with Gasteiger partial charge in [0.15, 0.2) is 0 Å². The number of hydrogen-bond donors (Lipinski definition) is 1. The van der Waals surface area contributed by atoms with Crippen molar-refractivity contribution in [3.8, 4) is 0 Å². The van der Waals surface area contributed by atoms with E-state index < -0.39 is 6.04 Å². The Hall–Kier alpha value is -2.76. The summed E-state index contributed by atoms with van der Waals surface area (Å²) in [5.41, 5.74) is 1.71. The van der Waals surface area contributed by atoms with Gasteiger partial charge in [0.25, 0.3) is 0 Å². The fraction of sp³-hybridized carbons (Fsp3) is 0.316. The fourth-order valence-electron chi connectivity index (χ4n) is 2.41. The van der Waals surface area contributed by atoms with E-state index in [2.05, 4.69) is 10.3 Å². The monoisotopic (exact) mass is 343 g/mol. The van der Waals surface area contributed by atoms with Crippen molar-refractivity contribution < 1.29 is 14.0 Å². The van der Waals surface area contributed by atoms with E-state index in [4.69, 9.17) is 0 Å². The maximum Gasteiger partial charge on any atom is 0.242 e. The van der Waals surface area contributed by atoms with Gasteiger partial charge in [0.1, 0.15) is 11.9 Å². The highest BCUT2D eigenvalue weighted by Gasteiger charge is 2.24. The summed E-state index contributed by atoms with van der Waals surface area (Å²) in [6.45, 7) is 4.08. The number of benzene rings is 1. The number of rotatable bonds is 7. The molecule has 1 atom stereocenters. The second kappa shape index (κ2) is 8.92. The first-order valence-electron chi connectivity index (χ1n) is 8.21. The van der Waals surface area contributed by atoms with Crippen LogP contribution in [0.3, 0.4) is 0 Å². The molecule has 1 heterocycles. The summed E-state index contributed by atoms with van der Waals surface area (Å²) in [4.78, 5) is 30.1. The summed E-state index contributed by atoms with van der Waals surface area (Å²) >= 11 is 0. The second-order valence-electron chi connectivity index (χ2n) is 5.75. The van der Waals surface area contributed by atoms with Crippen LogP contribution in [-0.2, 0) is 22.7 Å². The van der Waals surface area contributed by atoms with E-state index in [1.54, 1.807) is 38.4 Å². The zero-order valence-corrected chi connectivity index (χ0v) is 14.4. The van der Waals surface area contributed by atoms with Gasteiger partial charge in [0.05, 0.1) is 0 Å². The minimum atomic E-state index is -0.626. The number of hydrogen-bond acceptors (Lipinski definition) is 3. The largest absolute Gasteiger partial charge is 0.350 e. The molecular formula is C19H22FN3O2. The molecular weight excluding hydrogens is 321 g/mol. The molecule has 0 aliphatic rings. The normalized spacial score (nSPS) is 11.6. The third-order valence-corrected chi connectivity index (χ3v) is 3.95. The van der Waals surface area contributed by atoms with Gasteiger partial charge in [-0.1, -0.05) is 19.1 Å². The van der Waals surface area contributed by atoms with Gasteiger partial charge in [-0.05, 0) is 42.3 Å². The molecule has 6 heteroatoms. The fourth-order valence-corrected chi connectivity index (χ4v) is 2.41. The van der Waals surface area contributed by atoms with Crippen LogP contribution in [-0.4, -0.2) is 27.7 Å². The van der Waals surface area contributed by atoms with Crippen molar-refractivity contribution >= 4 is 11.8 Å². The predicted octanol–water partition coefficient (Wildman–Crippen LogP) is 2.66. The van der Waals surface area contributed by atoms with Gasteiger partial charge in [-0.15, -0.1) is 0 Å². The average molecular weight is 343 g/mol. The second-order valence-corrected chi connectivity index (χ2v) is 5.75. The number of nitrogens with zero attached hydrogens (tertiary/aromatic N) is 2. The Balaban J connectivity index is 2.03. The van der Waals surface area contributed by atoms with E-state index in [0.29, 0.717) is 13.0 Å². The number of carbonyl (C=O) groups is 2. The van der Waals surface area contributed by atoms with Gasteiger partial charge >= 0.3 is 0 Å². The predicted molar refractivity (Wildman–Crippen MR) is 92.8 cm³/mol. The van der Waals surface area contributed by atoms with Crippen LogP contribution >= 0.6 is 0 Å². The van der Waals surface area contributed by atoms with E-state index in [1.807, 2.05) is 12.1 Å². The van der Waals surface area contributed by atoms with Gasteiger partial charge in [0.2, 0.25) is 11.8 Å². The number of pyridine rings is 1. The van der Waals surface area contributed by atoms with Crippen molar-refractivity contribution in [2.24, 2.45) is 0 Å². The van der Waals surface area contributed by atoms with Crippen molar-refractivity contribution in [1.29, 1.82) is 0 Å². The number of aromatic nitrogens is 1. The first-order chi connectivity index (χ1) is 12.0. The van der Waals surface area contributed by atoms with Crippen LogP contribution in [0.4, 0.5) is 4.39 Å². The number of carbonyl (C=O) groups excluding carboxylic acids is 2. The van der Waals surface area contributed by atoms with Crippen molar-refractivity contribution in [2.45, 2.75) is 39.4 Å². The van der Waals surface area contributed by atoms with Gasteiger partial charge in [-0.2, -0.15) is 0 Å². The number of halogens is 1. The summed E-state index contributed by atoms with van der Waals surface area (Å²) in [6.07, 6.45) is 3.61. The molecule has 0 radical (unpaired) electrons. The van der Waals surface area contributed by atoms with Gasteiger partial charge in [0, 0.05) is 31.9 Å². The summed E-state index contributed by atoms with van der Waals surface area (Å²) < 4.78 is 13.0. The zero-order valence-electron chi connectivity index (χ0n) is 14.4. The Labute approximate surface area is 146 Å². The zero-order chi connectivity index (χ0) is 18.2. The lowest BCUT2D eigenvalue weighted by molar-refractivity contribution is -0.140. The van der Waals surface area contributed by atoms with E-state index >= 15 is 0 Å². The standard InChI is InChI=1S/C19H22FN3O2/c1-3-18(24)23(13-16-4-6-17(20)7-5-16)14(2)19(25)22-12-15-8-10-21-11-9-15/h4-11,14H,3,12-13H2,1-2H3,(H,22,25). The molecule has 132 valence electrons. The van der Waals surface area contributed by atoms with Crippen LogP contribution in [0.15, 0.2) is 48.8 Å². The minimum absolute atomic E-state index is 0.129. The lowest BCUT2D eigenvalue weighted by Crippen LogP contribution is -2.47. The number of nitrogens with one attached hydrogen (secondary N) is 1. The summed E-state index contributed by atoms with van der Waals surface area (Å²) in [5.74, 6) is -0.697. The molecule has 0 saturated heterocycles. The lowest BCUT2D eigenvalue weighted by Gasteiger charge is -2.28. The summed E-state index contributed by atoms with van der Waals surface area (Å²) in [7, 11) is 0. The Morgan fingerprint density at radius 3 is 2.36 bits per heavy atom. The van der Waals surface area contributed by atoms with E-state index in [-0.39, 0.29) is 24.2 Å². The van der Waals surface area contributed by atoms with Crippen LogP contribution in [0.2, 0.25) is 0 Å². The molecule has 0 fully saturated rings. The molecule has 2 rings (SSSR count). The van der Waals surface area contributed by atoms with Crippen molar-refractivity contribution in [2.75, 3.05) is 0 Å². The Morgan fingerprint density at radius 2 is 1.76 bits per heavy atom. The first-order valence-corrected chi connectivity index (χ1v) is 8.21. The van der Waals surface area contributed by atoms with Crippen LogP contribution in [0.1, 0.15) is 31.4 Å². The Bertz CT molecular complexity index is 704. The van der Waals surface area contributed by atoms with Gasteiger partial charge < -0.3 is 10.2 Å². The minimum Gasteiger partial charge on any atom is -0.350 e. The summed E-state index contributed by atoms with van der Waals surface area (Å²) in [6, 6.07) is 8.94. The third kappa shape index (κ3) is 5.38. The van der Waals surface area contributed by atoms with Crippen molar-refractivity contribution in [1.82, 2.24) is 15.2 Å². The quantitative estimate of drug-likeness (QED) is 0.841. The van der Waals surface area contributed by atoms with Crippen molar-refractivity contribution in [3.63, 3.8) is 0 Å². The van der Waals surface area contributed by atoms with Crippen LogP contribution in [0.25, 0.3) is 0 Å². The van der Waals surface area contributed by atoms with Crippen molar-refractivity contribution in [3.05, 3.63) is 65.7 Å². The molecule has 0 aliphatic carbocycles. The van der Waals surface area contributed by atoms with Crippen LogP contribution in [0, 0.1) is 5.82 Å². The molecule has 2 aromatic rings. The number of amides is 2. The van der Waals surface area contributed by atoms with Gasteiger partial charge in [-0.25, -0.2) is 4.39 Å². The molecule has 0 saturated carbocycles. The average Bonchev–Trinajstić information content (AvgIpc) is 2.65. The molecule has 25 heavy (non-hydrogen) atoms. The SMILES string of the molecule is CCC(=O)N(Cc1ccc(F)cc1)C(C)C(=O)NCc1ccncc1. The maximum absolute atomic E-state index is 13.0. The van der Waals surface area contributed by atoms with Crippen LogP contribution in [0.5, 0.6) is 0 Å². The molecule has 0 spiro atoms. The first kappa shape index (κ1) is 18.6. The highest BCUT2D eigenvalue weighted by Crippen LogP contribution is 2.12. The van der Waals surface area contributed by atoms with Crippen LogP contribution < -0.4 is 5.32 Å². The molecule has 1 unspecified atom stereocenters. The molecule has 2 amide bonds. The molecule has 1 aromatic carbocycles. The Kier molecular flexibility index (Phi) is 6.62.